The van der Waals surface area contributed by atoms with Crippen LogP contribution in [0.5, 0.6) is 0 Å². The van der Waals surface area contributed by atoms with Crippen LogP contribution in [-0.4, -0.2) is 35.0 Å². The molecule has 0 radical (unpaired) electrons. The van der Waals surface area contributed by atoms with Crippen molar-refractivity contribution in [3.8, 4) is 6.07 Å². The average molecular weight is 334 g/mol. The molecule has 120 valence electrons. The second-order valence-electron chi connectivity index (χ2n) is 5.23. The lowest BCUT2D eigenvalue weighted by atomic mass is 9.97. The molecule has 0 saturated carbocycles. The third kappa shape index (κ3) is 4.47. The largest absolute Gasteiger partial charge is 0.481 e. The van der Waals surface area contributed by atoms with Crippen molar-refractivity contribution < 1.29 is 14.7 Å². The SMILES string of the molecule is N#C/C(=C/Nc1cccc(Cl)c1)C(=O)N1CCC(C(=O)O)CC1. The molecule has 0 spiro atoms. The number of benzene rings is 1. The maximum absolute atomic E-state index is 12.3. The molecule has 1 saturated heterocycles. The van der Waals surface area contributed by atoms with Crippen LogP contribution < -0.4 is 5.32 Å². The van der Waals surface area contributed by atoms with Gasteiger partial charge < -0.3 is 15.3 Å². The highest BCUT2D eigenvalue weighted by Crippen LogP contribution is 2.19. The Morgan fingerprint density at radius 3 is 2.65 bits per heavy atom. The number of nitrogens with zero attached hydrogens (tertiary/aromatic N) is 2. The molecule has 2 N–H and O–H groups in total. The van der Waals surface area contributed by atoms with Gasteiger partial charge in [0.2, 0.25) is 0 Å². The highest BCUT2D eigenvalue weighted by molar-refractivity contribution is 6.30. The van der Waals surface area contributed by atoms with Crippen molar-refractivity contribution in [1.82, 2.24) is 4.90 Å². The molecular weight excluding hydrogens is 318 g/mol. The molecule has 1 aromatic rings. The molecule has 23 heavy (non-hydrogen) atoms. The molecular formula is C16H16ClN3O3. The number of halogens is 1. The predicted molar refractivity (Wildman–Crippen MR) is 85.7 cm³/mol. The fourth-order valence-electron chi connectivity index (χ4n) is 2.38. The maximum Gasteiger partial charge on any atom is 0.306 e. The minimum absolute atomic E-state index is 0.0289. The third-order valence-corrected chi connectivity index (χ3v) is 3.93. The van der Waals surface area contributed by atoms with Gasteiger partial charge in [-0.2, -0.15) is 5.26 Å². The fraction of sp³-hybridized carbons (Fsp3) is 0.312. The number of hydrogen-bond donors (Lipinski definition) is 2. The summed E-state index contributed by atoms with van der Waals surface area (Å²) >= 11 is 5.87. The molecule has 0 aliphatic carbocycles. The van der Waals surface area contributed by atoms with Crippen LogP contribution in [0.4, 0.5) is 5.69 Å². The number of carbonyl (C=O) groups excluding carboxylic acids is 1. The molecule has 1 fully saturated rings. The van der Waals surface area contributed by atoms with Crippen molar-refractivity contribution in [2.45, 2.75) is 12.8 Å². The van der Waals surface area contributed by atoms with Gasteiger partial charge in [-0.25, -0.2) is 0 Å². The number of nitriles is 1. The molecule has 1 heterocycles. The molecule has 1 aliphatic rings. The van der Waals surface area contributed by atoms with E-state index in [0.29, 0.717) is 36.6 Å². The van der Waals surface area contributed by atoms with E-state index in [1.807, 2.05) is 6.07 Å². The first-order chi connectivity index (χ1) is 11.0. The van der Waals surface area contributed by atoms with Crippen molar-refractivity contribution in [3.05, 3.63) is 41.1 Å². The number of anilines is 1. The monoisotopic (exact) mass is 333 g/mol. The van der Waals surface area contributed by atoms with Gasteiger partial charge in [-0.3, -0.25) is 9.59 Å². The van der Waals surface area contributed by atoms with Gasteiger partial charge >= 0.3 is 5.97 Å². The van der Waals surface area contributed by atoms with Crippen LogP contribution in [0, 0.1) is 17.2 Å². The molecule has 0 atom stereocenters. The summed E-state index contributed by atoms with van der Waals surface area (Å²) in [4.78, 5) is 24.7. The summed E-state index contributed by atoms with van der Waals surface area (Å²) in [6.45, 7) is 0.679. The van der Waals surface area contributed by atoms with Crippen LogP contribution >= 0.6 is 11.6 Å². The molecule has 1 aliphatic heterocycles. The number of likely N-dealkylation sites (tertiary alicyclic amines) is 1. The first-order valence-corrected chi connectivity index (χ1v) is 7.53. The van der Waals surface area contributed by atoms with Gasteiger partial charge in [0.1, 0.15) is 11.6 Å². The van der Waals surface area contributed by atoms with Gasteiger partial charge in [0.25, 0.3) is 5.91 Å². The van der Waals surface area contributed by atoms with Crippen LogP contribution in [0.1, 0.15) is 12.8 Å². The molecule has 2 rings (SSSR count). The number of carboxylic acids is 1. The number of carboxylic acid groups (broad SMARTS) is 1. The van der Waals surface area contributed by atoms with Gasteiger partial charge in [-0.1, -0.05) is 17.7 Å². The van der Waals surface area contributed by atoms with E-state index in [2.05, 4.69) is 5.32 Å². The number of piperidine rings is 1. The Morgan fingerprint density at radius 2 is 2.09 bits per heavy atom. The topological polar surface area (TPSA) is 93.4 Å². The highest BCUT2D eigenvalue weighted by Gasteiger charge is 2.28. The third-order valence-electron chi connectivity index (χ3n) is 3.69. The number of nitrogens with one attached hydrogen (secondary N) is 1. The quantitative estimate of drug-likeness (QED) is 0.652. The number of carbonyl (C=O) groups is 2. The number of hydrogen-bond acceptors (Lipinski definition) is 4. The Labute approximate surface area is 139 Å². The maximum atomic E-state index is 12.3. The van der Waals surface area contributed by atoms with Crippen LogP contribution in [0.3, 0.4) is 0 Å². The lowest BCUT2D eigenvalue weighted by Gasteiger charge is -2.29. The first-order valence-electron chi connectivity index (χ1n) is 7.15. The number of rotatable bonds is 4. The van der Waals surface area contributed by atoms with Gasteiger partial charge in [0, 0.05) is 30.0 Å². The van der Waals surface area contributed by atoms with E-state index in [1.165, 1.54) is 11.1 Å². The Balaban J connectivity index is 2.00. The summed E-state index contributed by atoms with van der Waals surface area (Å²) in [6.07, 6.45) is 2.15. The number of aliphatic carboxylic acids is 1. The average Bonchev–Trinajstić information content (AvgIpc) is 2.55. The van der Waals surface area contributed by atoms with Crippen LogP contribution in [-0.2, 0) is 9.59 Å². The molecule has 1 amide bonds. The molecule has 7 heteroatoms. The smallest absolute Gasteiger partial charge is 0.306 e. The van der Waals surface area contributed by atoms with Gasteiger partial charge in [-0.15, -0.1) is 0 Å². The summed E-state index contributed by atoms with van der Waals surface area (Å²) in [5.74, 6) is -1.65. The second kappa shape index (κ2) is 7.65. The van der Waals surface area contributed by atoms with Gasteiger partial charge in [0.05, 0.1) is 5.92 Å². The summed E-state index contributed by atoms with van der Waals surface area (Å²) in [7, 11) is 0. The van der Waals surface area contributed by atoms with E-state index in [1.54, 1.807) is 24.3 Å². The summed E-state index contributed by atoms with van der Waals surface area (Å²) < 4.78 is 0. The minimum atomic E-state index is -0.837. The Bertz CT molecular complexity index is 673. The van der Waals surface area contributed by atoms with E-state index >= 15 is 0 Å². The van der Waals surface area contributed by atoms with Gasteiger partial charge in [0.15, 0.2) is 0 Å². The summed E-state index contributed by atoms with van der Waals surface area (Å²) in [5.41, 5.74) is 0.640. The second-order valence-corrected chi connectivity index (χ2v) is 5.67. The molecule has 0 aromatic heterocycles. The van der Waals surface area contributed by atoms with Crippen molar-refractivity contribution in [1.29, 1.82) is 5.26 Å². The molecule has 6 nitrogen and oxygen atoms in total. The van der Waals surface area contributed by atoms with Crippen LogP contribution in [0.25, 0.3) is 0 Å². The lowest BCUT2D eigenvalue weighted by Crippen LogP contribution is -2.40. The van der Waals surface area contributed by atoms with Crippen molar-refractivity contribution in [2.75, 3.05) is 18.4 Å². The van der Waals surface area contributed by atoms with Crippen molar-refractivity contribution in [2.24, 2.45) is 5.92 Å². The standard InChI is InChI=1S/C16H16ClN3O3/c17-13-2-1-3-14(8-13)19-10-12(9-18)15(21)20-6-4-11(5-7-20)16(22)23/h1-3,8,10-11,19H,4-7H2,(H,22,23)/b12-10-. The van der Waals surface area contributed by atoms with E-state index in [0.717, 1.165) is 0 Å². The number of amides is 1. The zero-order valence-corrected chi connectivity index (χ0v) is 13.1. The van der Waals surface area contributed by atoms with Crippen molar-refractivity contribution >= 4 is 29.2 Å². The summed E-state index contributed by atoms with van der Waals surface area (Å²) in [6, 6.07) is 8.79. The fourth-order valence-corrected chi connectivity index (χ4v) is 2.57. The zero-order chi connectivity index (χ0) is 16.8. The molecule has 0 unspecified atom stereocenters. The van der Waals surface area contributed by atoms with Crippen molar-refractivity contribution in [3.63, 3.8) is 0 Å². The highest BCUT2D eigenvalue weighted by atomic mass is 35.5. The van der Waals surface area contributed by atoms with E-state index < -0.39 is 17.8 Å². The predicted octanol–water partition coefficient (Wildman–Crippen LogP) is 2.48. The van der Waals surface area contributed by atoms with E-state index in [-0.39, 0.29) is 5.57 Å². The molecule has 1 aromatic carbocycles. The zero-order valence-electron chi connectivity index (χ0n) is 12.3. The minimum Gasteiger partial charge on any atom is -0.481 e. The van der Waals surface area contributed by atoms with E-state index in [9.17, 15) is 14.9 Å². The first kappa shape index (κ1) is 16.8. The van der Waals surface area contributed by atoms with Crippen LogP contribution in [0.15, 0.2) is 36.0 Å². The van der Waals surface area contributed by atoms with Gasteiger partial charge in [-0.05, 0) is 31.0 Å². The normalized spacial score (nSPS) is 15.8. The summed E-state index contributed by atoms with van der Waals surface area (Å²) in [5, 5.41) is 21.6. The lowest BCUT2D eigenvalue weighted by molar-refractivity contribution is -0.145. The van der Waals surface area contributed by atoms with Crippen LogP contribution in [0.2, 0.25) is 5.02 Å². The van der Waals surface area contributed by atoms with E-state index in [4.69, 9.17) is 16.7 Å². The Kier molecular flexibility index (Phi) is 5.61. The Hall–Kier alpha value is -2.52. The molecule has 0 bridgehead atoms. The Morgan fingerprint density at radius 1 is 1.39 bits per heavy atom.